The van der Waals surface area contributed by atoms with Crippen molar-refractivity contribution in [3.05, 3.63) is 75.4 Å². The Hall–Kier alpha value is -2.96. The average molecular weight is 425 g/mol. The number of hydrogen-bond acceptors (Lipinski definition) is 4. The Morgan fingerprint density at radius 1 is 1.07 bits per heavy atom. The van der Waals surface area contributed by atoms with Gasteiger partial charge in [0.2, 0.25) is 0 Å². The molecule has 4 rings (SSSR count). The summed E-state index contributed by atoms with van der Waals surface area (Å²) in [6.07, 6.45) is 0.342. The molecule has 2 aromatic carbocycles. The third-order valence-corrected chi connectivity index (χ3v) is 5.78. The van der Waals surface area contributed by atoms with Gasteiger partial charge in [-0.1, -0.05) is 54.1 Å². The van der Waals surface area contributed by atoms with Crippen LogP contribution in [0, 0.1) is 0 Å². The predicted octanol–water partition coefficient (Wildman–Crippen LogP) is 5.31. The molecule has 0 bridgehead atoms. The second-order valence-electron chi connectivity index (χ2n) is 6.59. The Morgan fingerprint density at radius 2 is 1.79 bits per heavy atom. The van der Waals surface area contributed by atoms with Crippen LogP contribution in [0.3, 0.4) is 0 Å². The lowest BCUT2D eigenvalue weighted by Crippen LogP contribution is -2.23. The minimum absolute atomic E-state index is 0.00755. The fourth-order valence-corrected chi connectivity index (χ4v) is 4.33. The average Bonchev–Trinajstić information content (AvgIpc) is 3.15. The van der Waals surface area contributed by atoms with E-state index in [0.29, 0.717) is 27.5 Å². The molecule has 0 aliphatic rings. The first kappa shape index (κ1) is 19.4. The molecule has 2 heterocycles. The van der Waals surface area contributed by atoms with E-state index >= 15 is 0 Å². The van der Waals surface area contributed by atoms with E-state index in [2.05, 4.69) is 0 Å². The van der Waals surface area contributed by atoms with Crippen LogP contribution < -0.4 is 5.56 Å². The molecule has 7 heteroatoms. The van der Waals surface area contributed by atoms with Crippen LogP contribution >= 0.6 is 22.9 Å². The fourth-order valence-electron chi connectivity index (χ4n) is 3.27. The highest BCUT2D eigenvalue weighted by Gasteiger charge is 2.18. The maximum Gasteiger partial charge on any atom is 0.303 e. The molecule has 0 fully saturated rings. The Bertz CT molecular complexity index is 1230. The van der Waals surface area contributed by atoms with Gasteiger partial charge in [0.25, 0.3) is 5.56 Å². The van der Waals surface area contributed by atoms with Gasteiger partial charge in [-0.05, 0) is 24.1 Å². The van der Waals surface area contributed by atoms with Crippen molar-refractivity contribution in [2.75, 3.05) is 0 Å². The molecule has 0 saturated heterocycles. The van der Waals surface area contributed by atoms with Gasteiger partial charge in [0.1, 0.15) is 10.7 Å². The summed E-state index contributed by atoms with van der Waals surface area (Å²) in [7, 11) is 0. The van der Waals surface area contributed by atoms with Gasteiger partial charge < -0.3 is 5.11 Å². The molecule has 0 radical (unpaired) electrons. The predicted molar refractivity (Wildman–Crippen MR) is 117 cm³/mol. The van der Waals surface area contributed by atoms with Crippen LogP contribution in [0.15, 0.2) is 64.8 Å². The summed E-state index contributed by atoms with van der Waals surface area (Å²) in [4.78, 5) is 29.9. The van der Waals surface area contributed by atoms with Crippen LogP contribution in [0.25, 0.3) is 32.7 Å². The van der Waals surface area contributed by atoms with E-state index in [0.717, 1.165) is 16.7 Å². The van der Waals surface area contributed by atoms with Gasteiger partial charge in [0.15, 0.2) is 0 Å². The highest BCUT2D eigenvalue weighted by atomic mass is 35.5. The monoisotopic (exact) mass is 424 g/mol. The molecule has 0 saturated carbocycles. The van der Waals surface area contributed by atoms with Crippen molar-refractivity contribution >= 4 is 39.1 Å². The van der Waals surface area contributed by atoms with Crippen LogP contribution in [0.5, 0.6) is 0 Å². The zero-order valence-electron chi connectivity index (χ0n) is 15.3. The van der Waals surface area contributed by atoms with E-state index in [1.165, 1.54) is 11.3 Å². The fraction of sp³-hybridized carbons (Fsp3) is 0.136. The Labute approximate surface area is 175 Å². The third kappa shape index (κ3) is 3.95. The third-order valence-electron chi connectivity index (χ3n) is 4.65. The highest BCUT2D eigenvalue weighted by molar-refractivity contribution is 7.17. The second kappa shape index (κ2) is 8.19. The molecule has 0 aliphatic carbocycles. The quantitative estimate of drug-likeness (QED) is 0.455. The summed E-state index contributed by atoms with van der Waals surface area (Å²) in [6.45, 7) is 0.286. The number of carbonyl (C=O) groups is 1. The molecule has 0 spiro atoms. The van der Waals surface area contributed by atoms with Gasteiger partial charge in [-0.25, -0.2) is 4.98 Å². The summed E-state index contributed by atoms with van der Waals surface area (Å²) in [5.41, 5.74) is 2.36. The van der Waals surface area contributed by atoms with E-state index in [1.54, 1.807) is 16.7 Å². The van der Waals surface area contributed by atoms with Gasteiger partial charge in [0.05, 0.1) is 5.39 Å². The van der Waals surface area contributed by atoms with Crippen molar-refractivity contribution in [3.8, 4) is 22.5 Å². The minimum atomic E-state index is -0.884. The van der Waals surface area contributed by atoms with Gasteiger partial charge in [0, 0.05) is 34.5 Å². The Kier molecular flexibility index (Phi) is 5.47. The molecular weight excluding hydrogens is 408 g/mol. The van der Waals surface area contributed by atoms with Crippen molar-refractivity contribution in [2.45, 2.75) is 19.4 Å². The molecule has 1 N–H and O–H groups in total. The molecule has 4 aromatic rings. The van der Waals surface area contributed by atoms with Crippen LogP contribution in [-0.4, -0.2) is 20.6 Å². The number of carboxylic acids is 1. The maximum absolute atomic E-state index is 13.5. The summed E-state index contributed by atoms with van der Waals surface area (Å²) in [6, 6.07) is 16.8. The zero-order chi connectivity index (χ0) is 20.4. The van der Waals surface area contributed by atoms with Crippen molar-refractivity contribution in [1.29, 1.82) is 0 Å². The Morgan fingerprint density at radius 3 is 2.48 bits per heavy atom. The lowest BCUT2D eigenvalue weighted by Gasteiger charge is -2.13. The van der Waals surface area contributed by atoms with E-state index in [4.69, 9.17) is 21.7 Å². The van der Waals surface area contributed by atoms with Gasteiger partial charge >= 0.3 is 5.97 Å². The minimum Gasteiger partial charge on any atom is -0.481 e. The lowest BCUT2D eigenvalue weighted by atomic mass is 10.1. The number of fused-ring (bicyclic) bond motifs is 1. The van der Waals surface area contributed by atoms with Crippen LogP contribution in [0.1, 0.15) is 12.8 Å². The van der Waals surface area contributed by atoms with Crippen molar-refractivity contribution in [1.82, 2.24) is 9.55 Å². The number of halogens is 1. The summed E-state index contributed by atoms with van der Waals surface area (Å²) < 4.78 is 1.59. The molecule has 5 nitrogen and oxygen atoms in total. The number of rotatable bonds is 6. The number of benzene rings is 2. The van der Waals surface area contributed by atoms with Gasteiger partial charge in [-0.15, -0.1) is 11.3 Å². The van der Waals surface area contributed by atoms with Crippen LogP contribution in [0.4, 0.5) is 0 Å². The summed E-state index contributed by atoms with van der Waals surface area (Å²) in [5, 5.41) is 12.1. The maximum atomic E-state index is 13.5. The van der Waals surface area contributed by atoms with Crippen molar-refractivity contribution < 1.29 is 9.90 Å². The highest BCUT2D eigenvalue weighted by Crippen LogP contribution is 2.33. The SMILES string of the molecule is O=C(O)CCCn1c(-c2ccccc2)nc2scc(-c3ccc(Cl)cc3)c2c1=O. The van der Waals surface area contributed by atoms with E-state index < -0.39 is 5.97 Å². The topological polar surface area (TPSA) is 72.2 Å². The van der Waals surface area contributed by atoms with Gasteiger partial charge in [-0.3, -0.25) is 14.2 Å². The number of thiophene rings is 1. The second-order valence-corrected chi connectivity index (χ2v) is 7.89. The standard InChI is InChI=1S/C22H17ClN2O3S/c23-16-10-8-14(9-11-16)17-13-29-21-19(17)22(28)25(12-4-7-18(26)27)20(24-21)15-5-2-1-3-6-15/h1-3,5-6,8-11,13H,4,7,12H2,(H,26,27). The lowest BCUT2D eigenvalue weighted by molar-refractivity contribution is -0.137. The molecule has 0 aliphatic heterocycles. The number of carboxylic acid groups (broad SMARTS) is 1. The number of aromatic nitrogens is 2. The number of aliphatic carboxylic acids is 1. The molecule has 0 atom stereocenters. The summed E-state index contributed by atoms with van der Waals surface area (Å²) >= 11 is 7.42. The van der Waals surface area contributed by atoms with Crippen molar-refractivity contribution in [2.24, 2.45) is 0 Å². The molecule has 0 unspecified atom stereocenters. The van der Waals surface area contributed by atoms with Crippen molar-refractivity contribution in [3.63, 3.8) is 0 Å². The smallest absolute Gasteiger partial charge is 0.303 e. The normalized spacial score (nSPS) is 11.1. The van der Waals surface area contributed by atoms with E-state index in [9.17, 15) is 9.59 Å². The van der Waals surface area contributed by atoms with Crippen LogP contribution in [-0.2, 0) is 11.3 Å². The largest absolute Gasteiger partial charge is 0.481 e. The first-order chi connectivity index (χ1) is 14.0. The Balaban J connectivity index is 1.90. The van der Waals surface area contributed by atoms with E-state index in [1.807, 2.05) is 47.8 Å². The van der Waals surface area contributed by atoms with E-state index in [-0.39, 0.29) is 18.5 Å². The molecule has 0 amide bonds. The summed E-state index contributed by atoms with van der Waals surface area (Å²) in [5.74, 6) is -0.330. The first-order valence-electron chi connectivity index (χ1n) is 9.10. The molecule has 29 heavy (non-hydrogen) atoms. The molecule has 2 aromatic heterocycles. The first-order valence-corrected chi connectivity index (χ1v) is 10.4. The molecule has 146 valence electrons. The zero-order valence-corrected chi connectivity index (χ0v) is 16.9. The van der Waals surface area contributed by atoms with Crippen LogP contribution in [0.2, 0.25) is 5.02 Å². The van der Waals surface area contributed by atoms with Gasteiger partial charge in [-0.2, -0.15) is 0 Å². The number of nitrogens with zero attached hydrogens (tertiary/aromatic N) is 2. The number of hydrogen-bond donors (Lipinski definition) is 1. The molecular formula is C22H17ClN2O3S.